The number of aromatic nitrogens is 2. The van der Waals surface area contributed by atoms with Crippen molar-refractivity contribution in [3.05, 3.63) is 384 Å². The van der Waals surface area contributed by atoms with E-state index in [0.717, 1.165) is 22.3 Å². The summed E-state index contributed by atoms with van der Waals surface area (Å²) in [7, 11) is 0. The molecule has 0 amide bonds. The summed E-state index contributed by atoms with van der Waals surface area (Å²) < 4.78 is 226. The molecule has 21 rings (SSSR count). The predicted molar refractivity (Wildman–Crippen MR) is 461 cm³/mol. The summed E-state index contributed by atoms with van der Waals surface area (Å²) in [4.78, 5) is 3.93. The molecule has 3 aromatic heterocycles. The zero-order valence-corrected chi connectivity index (χ0v) is 61.9. The summed E-state index contributed by atoms with van der Waals surface area (Å²) in [6.07, 6.45) is -0.344. The van der Waals surface area contributed by atoms with Gasteiger partial charge in [0.2, 0.25) is 0 Å². The Morgan fingerprint density at radius 1 is 0.358 bits per heavy atom. The molecule has 1 unspecified atom stereocenters. The molecule has 1 aliphatic carbocycles. The number of benzene rings is 15. The van der Waals surface area contributed by atoms with Crippen molar-refractivity contribution in [1.29, 1.82) is 0 Å². The maximum atomic E-state index is 12.0. The van der Waals surface area contributed by atoms with Gasteiger partial charge in [0, 0.05) is 23.1 Å². The van der Waals surface area contributed by atoms with E-state index in [9.17, 15) is 24.7 Å². The third-order valence-electron chi connectivity index (χ3n) is 21.8. The van der Waals surface area contributed by atoms with Gasteiger partial charge in [-0.25, -0.2) is 0 Å². The number of hydrogen-bond donors (Lipinski definition) is 0. The second kappa shape index (κ2) is 25.1. The van der Waals surface area contributed by atoms with Crippen LogP contribution < -0.4 is 9.80 Å². The monoisotopic (exact) mass is 1480 g/mol. The van der Waals surface area contributed by atoms with E-state index < -0.39 is 158 Å². The molecule has 520 valence electrons. The Hall–Kier alpha value is -12.5. The number of fused-ring (bicyclic) bond motifs is 14. The topological polar surface area (TPSA) is 16.3 Å². The number of anilines is 6. The second-order valence-corrected chi connectivity index (χ2v) is 32.3. The van der Waals surface area contributed by atoms with Crippen LogP contribution in [0.25, 0.3) is 130 Å². The van der Waals surface area contributed by atoms with Crippen LogP contribution in [0.4, 0.5) is 34.1 Å². The molecule has 109 heavy (non-hydrogen) atoms. The van der Waals surface area contributed by atoms with Crippen molar-refractivity contribution in [3.8, 4) is 89.3 Å². The van der Waals surface area contributed by atoms with Crippen LogP contribution in [0.1, 0.15) is 117 Å². The van der Waals surface area contributed by atoms with E-state index in [1.165, 1.54) is 9.13 Å². The Balaban J connectivity index is 1.03. The Morgan fingerprint density at radius 3 is 1.29 bits per heavy atom. The van der Waals surface area contributed by atoms with Crippen molar-refractivity contribution >= 4 is 89.9 Å². The standard InChI is InChI=1S/C104H78N4Se/c1-103(2,3)74-59-84(66-33-14-8-15-34-66)100(85(60-74)67-35-16-9-17-36-67)107-90-63-76(105-88-48-27-24-45-79(88)96-78-44-23-22-41-72(78)56-92(96)105)51-53-81(90)97-82-54-52-77(106-89-49-28-25-46-80(89)98-83-47-26-29-50-95(83)109-102(98)106)64-91(82)108(94-58-73(57-93(107)99(94)97)71-43-30-42-70(55-71)65-31-12-7-13-32-65)101-86(68-37-18-10-19-38-68)61-75(104(4,5)6)62-87(101)69-39-20-11-21-40-69/h7-55,57-64,97H,56H2,1-6H3/i22D,23D,24D,25D,26D,27D,28D,29D,41D,44D,45D,46D,47D,48D,49D,50D,51D,52D,53D,54D,63D,64D. The fraction of sp³-hybridized carbons (Fsp3) is 0.0962. The zero-order chi connectivity index (χ0) is 92.1. The number of hydrogen-bond acceptors (Lipinski definition) is 2. The summed E-state index contributed by atoms with van der Waals surface area (Å²) >= 11 is -1.24. The van der Waals surface area contributed by atoms with Crippen LogP contribution in [-0.2, 0) is 17.3 Å². The maximum absolute atomic E-state index is 12.0. The van der Waals surface area contributed by atoms with Crippen molar-refractivity contribution in [2.45, 2.75) is 64.7 Å². The van der Waals surface area contributed by atoms with Gasteiger partial charge in [-0.2, -0.15) is 0 Å². The minimum atomic E-state index is -1.62. The van der Waals surface area contributed by atoms with E-state index >= 15 is 0 Å². The third-order valence-corrected chi connectivity index (χ3v) is 24.0. The fourth-order valence-electron chi connectivity index (χ4n) is 16.6. The van der Waals surface area contributed by atoms with Crippen molar-refractivity contribution in [2.75, 3.05) is 9.80 Å². The van der Waals surface area contributed by atoms with Crippen molar-refractivity contribution in [3.63, 3.8) is 0 Å². The third kappa shape index (κ3) is 10.4. The molecule has 5 heterocycles. The van der Waals surface area contributed by atoms with Crippen LogP contribution in [0.15, 0.2) is 345 Å². The average molecular weight is 1480 g/mol. The molecule has 3 aliphatic rings. The SMILES string of the molecule is [2H]c1c([2H])c([2H])c2c(c1[2H])Cc1c-2c2c([2H])c([2H])c([2H])c([2H])c2n1-c1c([2H])c([2H])c2c(c1[2H])N(c1c(-c3ccccc3)cc(C(C)(C)C)cc1-c1ccccc1)c1cc(-c3cccc(-c4ccccc4)c3)cc3c1C2c1c([2H])c([2H])c(-n2c4[se]c5c([2H])c([2H])c([2H])c([2H])c5c4c4c([2H])c([2H])c([2H])c([2H])c42)c([2H])c1N3c1c(-c2ccccc2)cc(C(C)(C)C)cc1-c1ccccc1. The molecule has 5 heteroatoms. The summed E-state index contributed by atoms with van der Waals surface area (Å²) in [6, 6.07) is 56.9. The van der Waals surface area contributed by atoms with E-state index in [4.69, 9.17) is 5.48 Å². The van der Waals surface area contributed by atoms with Crippen LogP contribution in [0, 0.1) is 0 Å². The quantitative estimate of drug-likeness (QED) is 0.127. The van der Waals surface area contributed by atoms with Gasteiger partial charge in [-0.05, 0) is 57.0 Å². The normalized spacial score (nSPS) is 16.4. The van der Waals surface area contributed by atoms with Crippen LogP contribution in [0.3, 0.4) is 0 Å². The number of rotatable bonds is 10. The van der Waals surface area contributed by atoms with E-state index in [-0.39, 0.29) is 110 Å². The average Bonchev–Trinajstić information content (AvgIpc) is 1.60. The Morgan fingerprint density at radius 2 is 0.780 bits per heavy atom. The minimum absolute atomic E-state index is 0.0104. The molecule has 18 aromatic rings. The first-order valence-electron chi connectivity index (χ1n) is 47.5. The van der Waals surface area contributed by atoms with Gasteiger partial charge in [-0.1, -0.05) is 160 Å². The Bertz CT molecular complexity index is 7980. The molecule has 1 atom stereocenters. The zero-order valence-electron chi connectivity index (χ0n) is 82.2. The molecule has 0 spiro atoms. The Kier molecular flexibility index (Phi) is 10.5. The molecule has 0 bridgehead atoms. The van der Waals surface area contributed by atoms with Gasteiger partial charge in [-0.15, -0.1) is 0 Å². The molecular formula is C104H78N4Se. The molecule has 2 aliphatic heterocycles. The van der Waals surface area contributed by atoms with Gasteiger partial charge in [0.1, 0.15) is 0 Å². The van der Waals surface area contributed by atoms with Crippen LogP contribution in [-0.4, -0.2) is 23.6 Å². The summed E-state index contributed by atoms with van der Waals surface area (Å²) in [5.41, 5.74) is 9.27. The van der Waals surface area contributed by atoms with Crippen LogP contribution in [0.5, 0.6) is 0 Å². The van der Waals surface area contributed by atoms with Crippen molar-refractivity contribution < 1.29 is 30.2 Å². The van der Waals surface area contributed by atoms with E-state index in [1.807, 2.05) is 192 Å². The van der Waals surface area contributed by atoms with Gasteiger partial charge in [0.25, 0.3) is 0 Å². The molecule has 4 nitrogen and oxygen atoms in total. The molecule has 15 aromatic carbocycles. The summed E-state index contributed by atoms with van der Waals surface area (Å²) in [5, 5.41) is -0.264. The first-order valence-corrected chi connectivity index (χ1v) is 38.2. The van der Waals surface area contributed by atoms with Gasteiger partial charge >= 0.3 is 421 Å². The van der Waals surface area contributed by atoms with Gasteiger partial charge < -0.3 is 0 Å². The number of nitrogens with zero attached hydrogens (tertiary/aromatic N) is 4. The fourth-order valence-corrected chi connectivity index (χ4v) is 19.0. The molecule has 0 saturated heterocycles. The first kappa shape index (κ1) is 45.9. The Labute approximate surface area is 674 Å². The van der Waals surface area contributed by atoms with Crippen molar-refractivity contribution in [2.24, 2.45) is 0 Å². The summed E-state index contributed by atoms with van der Waals surface area (Å²) in [6.45, 7) is 12.7. The molecular weight excluding hydrogens is 1380 g/mol. The number of para-hydroxylation sites is 2. The molecule has 0 fully saturated rings. The van der Waals surface area contributed by atoms with E-state index in [2.05, 4.69) is 71.9 Å². The van der Waals surface area contributed by atoms with Crippen molar-refractivity contribution in [1.82, 2.24) is 9.13 Å². The van der Waals surface area contributed by atoms with E-state index in [1.54, 1.807) is 0 Å². The van der Waals surface area contributed by atoms with E-state index in [0.29, 0.717) is 83.9 Å². The van der Waals surface area contributed by atoms with Gasteiger partial charge in [0.05, 0.1) is 16.5 Å². The van der Waals surface area contributed by atoms with Gasteiger partial charge in [-0.3, -0.25) is 0 Å². The van der Waals surface area contributed by atoms with Crippen LogP contribution >= 0.6 is 0 Å². The van der Waals surface area contributed by atoms with Crippen LogP contribution in [0.2, 0.25) is 0 Å². The first-order chi connectivity index (χ1) is 62.5. The molecule has 0 saturated carbocycles. The summed E-state index contributed by atoms with van der Waals surface area (Å²) in [5.74, 6) is -1.62. The molecule has 0 N–H and O–H groups in total. The second-order valence-electron chi connectivity index (χ2n) is 30.2. The van der Waals surface area contributed by atoms with Gasteiger partial charge in [0.15, 0.2) is 0 Å². The predicted octanol–water partition coefficient (Wildman–Crippen LogP) is 27.9. The molecule has 0 radical (unpaired) electrons.